The lowest BCUT2D eigenvalue weighted by Gasteiger charge is -2.39. The van der Waals surface area contributed by atoms with E-state index in [-0.39, 0.29) is 6.04 Å². The molecule has 2 fully saturated rings. The van der Waals surface area contributed by atoms with E-state index in [1.807, 2.05) is 0 Å². The molecule has 1 aromatic carbocycles. The first-order valence-corrected chi connectivity index (χ1v) is 9.20. The maximum atomic E-state index is 6.34. The molecule has 3 rings (SSSR count). The topological polar surface area (TPSA) is 29.3 Å². The van der Waals surface area contributed by atoms with Gasteiger partial charge in [0, 0.05) is 10.5 Å². The summed E-state index contributed by atoms with van der Waals surface area (Å²) in [6, 6.07) is 8.61. The van der Waals surface area contributed by atoms with Gasteiger partial charge in [-0.2, -0.15) is 0 Å². The van der Waals surface area contributed by atoms with Gasteiger partial charge in [0.15, 0.2) is 0 Å². The predicted molar refractivity (Wildman–Crippen MR) is 92.3 cm³/mol. The quantitative estimate of drug-likeness (QED) is 0.866. The third-order valence-corrected chi connectivity index (χ3v) is 6.16. The molecule has 1 aromatic rings. The van der Waals surface area contributed by atoms with E-state index in [2.05, 4.69) is 45.1 Å². The summed E-state index contributed by atoms with van der Waals surface area (Å²) >= 11 is 3.48. The van der Waals surface area contributed by atoms with Crippen LogP contribution in [-0.2, 0) is 0 Å². The first-order chi connectivity index (χ1) is 10.2. The highest BCUT2D eigenvalue weighted by Gasteiger charge is 2.36. The molecular weight excluding hydrogens is 324 g/mol. The molecular formula is C18H27BrN2. The van der Waals surface area contributed by atoms with Crippen molar-refractivity contribution in [1.82, 2.24) is 4.90 Å². The average molecular weight is 351 g/mol. The minimum absolute atomic E-state index is 0.167. The minimum atomic E-state index is 0.167. The van der Waals surface area contributed by atoms with E-state index >= 15 is 0 Å². The van der Waals surface area contributed by atoms with E-state index < -0.39 is 0 Å². The molecule has 21 heavy (non-hydrogen) atoms. The van der Waals surface area contributed by atoms with Gasteiger partial charge in [0.25, 0.3) is 0 Å². The van der Waals surface area contributed by atoms with Gasteiger partial charge in [0.05, 0.1) is 0 Å². The summed E-state index contributed by atoms with van der Waals surface area (Å²) in [5.74, 6) is 0. The van der Waals surface area contributed by atoms with Gasteiger partial charge in [-0.3, -0.25) is 0 Å². The number of hydrogen-bond acceptors (Lipinski definition) is 2. The van der Waals surface area contributed by atoms with E-state index in [1.54, 1.807) is 0 Å². The molecule has 1 unspecified atom stereocenters. The molecule has 0 aromatic heterocycles. The van der Waals surface area contributed by atoms with Crippen molar-refractivity contribution in [2.75, 3.05) is 19.6 Å². The molecule has 1 heterocycles. The summed E-state index contributed by atoms with van der Waals surface area (Å²) in [4.78, 5) is 2.63. The Morgan fingerprint density at radius 1 is 1.05 bits per heavy atom. The second-order valence-corrected chi connectivity index (χ2v) is 7.91. The highest BCUT2D eigenvalue weighted by atomic mass is 79.9. The van der Waals surface area contributed by atoms with Crippen LogP contribution in [0.4, 0.5) is 0 Å². The standard InChI is InChI=1S/C18H27BrN2/c19-16-5-3-15(4-6-16)17(20)7-12-21-13-10-18(11-14-21)8-1-2-9-18/h3-6,17H,1-2,7-14,20H2. The smallest absolute Gasteiger partial charge is 0.0307 e. The normalized spacial score (nSPS) is 23.5. The highest BCUT2D eigenvalue weighted by molar-refractivity contribution is 9.10. The Bertz CT molecular complexity index is 441. The molecule has 1 saturated heterocycles. The number of likely N-dealkylation sites (tertiary alicyclic amines) is 1. The summed E-state index contributed by atoms with van der Waals surface area (Å²) in [5.41, 5.74) is 8.31. The van der Waals surface area contributed by atoms with Crippen molar-refractivity contribution in [1.29, 1.82) is 0 Å². The van der Waals surface area contributed by atoms with E-state index in [4.69, 9.17) is 5.73 Å². The van der Waals surface area contributed by atoms with Gasteiger partial charge in [-0.1, -0.05) is 40.9 Å². The van der Waals surface area contributed by atoms with Crippen molar-refractivity contribution >= 4 is 15.9 Å². The summed E-state index contributed by atoms with van der Waals surface area (Å²) < 4.78 is 1.12. The Hall–Kier alpha value is -0.380. The fraction of sp³-hybridized carbons (Fsp3) is 0.667. The van der Waals surface area contributed by atoms with Gasteiger partial charge < -0.3 is 10.6 Å². The lowest BCUT2D eigenvalue weighted by atomic mass is 9.77. The third kappa shape index (κ3) is 3.88. The largest absolute Gasteiger partial charge is 0.324 e. The molecule has 1 aliphatic heterocycles. The maximum absolute atomic E-state index is 6.34. The predicted octanol–water partition coefficient (Wildman–Crippen LogP) is 4.50. The molecule has 116 valence electrons. The Kier molecular flexibility index (Phi) is 5.03. The van der Waals surface area contributed by atoms with Crippen molar-refractivity contribution in [2.24, 2.45) is 11.1 Å². The van der Waals surface area contributed by atoms with E-state index in [9.17, 15) is 0 Å². The van der Waals surface area contributed by atoms with Gasteiger partial charge in [0.1, 0.15) is 0 Å². The first kappa shape index (κ1) is 15.5. The SMILES string of the molecule is NC(CCN1CCC2(CCCC2)CC1)c1ccc(Br)cc1. The molecule has 3 heteroatoms. The van der Waals surface area contributed by atoms with Crippen LogP contribution in [0.2, 0.25) is 0 Å². The van der Waals surface area contributed by atoms with Gasteiger partial charge in [-0.05, 0) is 74.8 Å². The van der Waals surface area contributed by atoms with Crippen LogP contribution in [-0.4, -0.2) is 24.5 Å². The van der Waals surface area contributed by atoms with E-state index in [0.717, 1.165) is 22.9 Å². The zero-order valence-electron chi connectivity index (χ0n) is 12.9. The monoisotopic (exact) mass is 350 g/mol. The molecule has 0 radical (unpaired) electrons. The molecule has 2 N–H and O–H groups in total. The summed E-state index contributed by atoms with van der Waals surface area (Å²) in [6.07, 6.45) is 9.80. The van der Waals surface area contributed by atoms with Gasteiger partial charge in [-0.25, -0.2) is 0 Å². The highest BCUT2D eigenvalue weighted by Crippen LogP contribution is 2.46. The van der Waals surface area contributed by atoms with Crippen LogP contribution in [0.3, 0.4) is 0 Å². The van der Waals surface area contributed by atoms with Gasteiger partial charge in [-0.15, -0.1) is 0 Å². The van der Waals surface area contributed by atoms with E-state index in [0.29, 0.717) is 0 Å². The fourth-order valence-electron chi connectivity index (χ4n) is 4.07. The molecule has 1 spiro atoms. The molecule has 2 aliphatic rings. The second-order valence-electron chi connectivity index (χ2n) is 7.00. The van der Waals surface area contributed by atoms with Crippen molar-refractivity contribution in [2.45, 2.75) is 51.0 Å². The summed E-state index contributed by atoms with van der Waals surface area (Å²) in [6.45, 7) is 3.72. The Labute approximate surface area is 137 Å². The van der Waals surface area contributed by atoms with Crippen molar-refractivity contribution in [3.8, 4) is 0 Å². The minimum Gasteiger partial charge on any atom is -0.324 e. The van der Waals surface area contributed by atoms with Crippen LogP contribution in [0.1, 0.15) is 56.6 Å². The van der Waals surface area contributed by atoms with Gasteiger partial charge in [0.2, 0.25) is 0 Å². The molecule has 1 saturated carbocycles. The zero-order valence-corrected chi connectivity index (χ0v) is 14.4. The lowest BCUT2D eigenvalue weighted by molar-refractivity contribution is 0.106. The van der Waals surface area contributed by atoms with Crippen LogP contribution >= 0.6 is 15.9 Å². The van der Waals surface area contributed by atoms with Crippen LogP contribution in [0.5, 0.6) is 0 Å². The second kappa shape index (κ2) is 6.80. The van der Waals surface area contributed by atoms with Gasteiger partial charge >= 0.3 is 0 Å². The van der Waals surface area contributed by atoms with Crippen molar-refractivity contribution in [3.05, 3.63) is 34.3 Å². The van der Waals surface area contributed by atoms with Crippen molar-refractivity contribution in [3.63, 3.8) is 0 Å². The zero-order chi connectivity index (χ0) is 14.7. The number of piperidine rings is 1. The lowest BCUT2D eigenvalue weighted by Crippen LogP contribution is -2.39. The fourth-order valence-corrected chi connectivity index (χ4v) is 4.34. The summed E-state index contributed by atoms with van der Waals surface area (Å²) in [7, 11) is 0. The Morgan fingerprint density at radius 3 is 2.29 bits per heavy atom. The number of hydrogen-bond donors (Lipinski definition) is 1. The maximum Gasteiger partial charge on any atom is 0.0307 e. The van der Waals surface area contributed by atoms with Crippen LogP contribution in [0, 0.1) is 5.41 Å². The first-order valence-electron chi connectivity index (χ1n) is 8.40. The average Bonchev–Trinajstić information content (AvgIpc) is 2.95. The number of nitrogens with zero attached hydrogens (tertiary/aromatic N) is 1. The number of nitrogens with two attached hydrogens (primary N) is 1. The molecule has 1 atom stereocenters. The summed E-state index contributed by atoms with van der Waals surface area (Å²) in [5, 5.41) is 0. The van der Waals surface area contributed by atoms with Crippen molar-refractivity contribution < 1.29 is 0 Å². The Morgan fingerprint density at radius 2 is 1.67 bits per heavy atom. The van der Waals surface area contributed by atoms with Crippen LogP contribution < -0.4 is 5.73 Å². The molecule has 0 amide bonds. The molecule has 2 nitrogen and oxygen atoms in total. The number of rotatable bonds is 4. The number of benzene rings is 1. The molecule has 0 bridgehead atoms. The number of halogens is 1. The van der Waals surface area contributed by atoms with E-state index in [1.165, 1.54) is 57.2 Å². The Balaban J connectivity index is 1.44. The van der Waals surface area contributed by atoms with Crippen LogP contribution in [0.25, 0.3) is 0 Å². The van der Waals surface area contributed by atoms with Crippen LogP contribution in [0.15, 0.2) is 28.7 Å². The molecule has 1 aliphatic carbocycles. The third-order valence-electron chi connectivity index (χ3n) is 5.64.